The molecule has 6 nitrogen and oxygen atoms in total. The van der Waals surface area contributed by atoms with Gasteiger partial charge in [0.1, 0.15) is 6.33 Å². The fourth-order valence-corrected chi connectivity index (χ4v) is 2.59. The van der Waals surface area contributed by atoms with Crippen LogP contribution in [0, 0.1) is 0 Å². The average Bonchev–Trinajstić information content (AvgIpc) is 2.92. The summed E-state index contributed by atoms with van der Waals surface area (Å²) >= 11 is 0. The topological polar surface area (TPSA) is 62.3 Å². The van der Waals surface area contributed by atoms with Gasteiger partial charge in [0.05, 0.1) is 7.11 Å². The Kier molecular flexibility index (Phi) is 5.40. The maximum atomic E-state index is 5.44. The molecule has 1 unspecified atom stereocenters. The molecule has 2 N–H and O–H groups in total. The Morgan fingerprint density at radius 3 is 2.65 bits per heavy atom. The molecule has 2 rings (SSSR count). The Morgan fingerprint density at radius 1 is 1.30 bits per heavy atom. The molecule has 20 heavy (non-hydrogen) atoms. The molecule has 1 aliphatic rings. The Hall–Kier alpha value is -1.56. The van der Waals surface area contributed by atoms with Crippen LogP contribution in [0.3, 0.4) is 0 Å². The van der Waals surface area contributed by atoms with Gasteiger partial charge in [-0.3, -0.25) is 0 Å². The number of rotatable bonds is 7. The Labute approximate surface area is 120 Å². The van der Waals surface area contributed by atoms with Crippen molar-refractivity contribution in [3.63, 3.8) is 0 Å². The summed E-state index contributed by atoms with van der Waals surface area (Å²) < 4.78 is 5.44. The van der Waals surface area contributed by atoms with Crippen molar-refractivity contribution in [2.75, 3.05) is 43.9 Å². The third-order valence-corrected chi connectivity index (χ3v) is 3.47. The van der Waals surface area contributed by atoms with Crippen molar-refractivity contribution in [2.24, 2.45) is 0 Å². The molecule has 0 aliphatic carbocycles. The fraction of sp³-hybridized carbons (Fsp3) is 0.714. The lowest BCUT2D eigenvalue weighted by Crippen LogP contribution is -2.33. The van der Waals surface area contributed by atoms with Gasteiger partial charge in [-0.1, -0.05) is 0 Å². The molecule has 1 atom stereocenters. The van der Waals surface area contributed by atoms with Gasteiger partial charge in [-0.15, -0.1) is 0 Å². The summed E-state index contributed by atoms with van der Waals surface area (Å²) in [5.74, 6) is 2.17. The van der Waals surface area contributed by atoms with Crippen LogP contribution in [0.2, 0.25) is 0 Å². The molecular formula is C14H25N5O. The lowest BCUT2D eigenvalue weighted by molar-refractivity contribution is 0.327. The standard InChI is InChI=1S/C14H25N5O/c1-4-15-13-12(20-3)14(17-10-16-13)18-11(2)9-19-7-5-6-8-19/h10-11H,4-9H2,1-3H3,(H2,15,16,17,18). The van der Waals surface area contributed by atoms with Gasteiger partial charge < -0.3 is 20.3 Å². The Morgan fingerprint density at radius 2 is 2.00 bits per heavy atom. The molecule has 112 valence electrons. The Balaban J connectivity index is 2.01. The number of aromatic nitrogens is 2. The zero-order valence-electron chi connectivity index (χ0n) is 12.6. The third-order valence-electron chi connectivity index (χ3n) is 3.47. The minimum absolute atomic E-state index is 0.325. The van der Waals surface area contributed by atoms with Crippen LogP contribution in [-0.4, -0.2) is 54.2 Å². The van der Waals surface area contributed by atoms with Crippen LogP contribution in [0.5, 0.6) is 5.75 Å². The summed E-state index contributed by atoms with van der Waals surface area (Å²) in [5, 5.41) is 6.62. The van der Waals surface area contributed by atoms with Crippen LogP contribution in [0.1, 0.15) is 26.7 Å². The van der Waals surface area contributed by atoms with E-state index in [0.29, 0.717) is 11.8 Å². The number of nitrogens with one attached hydrogen (secondary N) is 2. The van der Waals surface area contributed by atoms with Crippen LogP contribution < -0.4 is 15.4 Å². The van der Waals surface area contributed by atoms with Gasteiger partial charge in [-0.05, 0) is 39.8 Å². The summed E-state index contributed by atoms with van der Waals surface area (Å²) in [6, 6.07) is 0.325. The monoisotopic (exact) mass is 279 g/mol. The predicted octanol–water partition coefficient (Wildman–Crippen LogP) is 1.81. The first-order valence-electron chi connectivity index (χ1n) is 7.36. The maximum Gasteiger partial charge on any atom is 0.204 e. The number of nitrogens with zero attached hydrogens (tertiary/aromatic N) is 3. The highest BCUT2D eigenvalue weighted by Gasteiger charge is 2.17. The third kappa shape index (κ3) is 3.72. The highest BCUT2D eigenvalue weighted by Crippen LogP contribution is 2.29. The van der Waals surface area contributed by atoms with Gasteiger partial charge in [-0.2, -0.15) is 0 Å². The lowest BCUT2D eigenvalue weighted by Gasteiger charge is -2.22. The van der Waals surface area contributed by atoms with Crippen molar-refractivity contribution in [1.29, 1.82) is 0 Å². The van der Waals surface area contributed by atoms with Gasteiger partial charge in [0, 0.05) is 19.1 Å². The highest BCUT2D eigenvalue weighted by atomic mass is 16.5. The number of ether oxygens (including phenoxy) is 1. The first-order chi connectivity index (χ1) is 9.74. The second-order valence-electron chi connectivity index (χ2n) is 5.19. The second-order valence-corrected chi connectivity index (χ2v) is 5.19. The van der Waals surface area contributed by atoms with E-state index in [0.717, 1.165) is 24.7 Å². The van der Waals surface area contributed by atoms with Crippen molar-refractivity contribution >= 4 is 11.6 Å². The van der Waals surface area contributed by atoms with E-state index in [1.807, 2.05) is 6.92 Å². The molecule has 1 aromatic heterocycles. The van der Waals surface area contributed by atoms with E-state index in [9.17, 15) is 0 Å². The van der Waals surface area contributed by atoms with Crippen molar-refractivity contribution in [2.45, 2.75) is 32.7 Å². The van der Waals surface area contributed by atoms with E-state index in [1.54, 1.807) is 13.4 Å². The first-order valence-corrected chi connectivity index (χ1v) is 7.36. The molecule has 1 aliphatic heterocycles. The normalized spacial score (nSPS) is 16.9. The first kappa shape index (κ1) is 14.8. The molecule has 1 fully saturated rings. The van der Waals surface area contributed by atoms with Crippen LogP contribution in [0.25, 0.3) is 0 Å². The van der Waals surface area contributed by atoms with Gasteiger partial charge in [0.2, 0.25) is 5.75 Å². The van der Waals surface area contributed by atoms with Gasteiger partial charge >= 0.3 is 0 Å². The summed E-state index contributed by atoms with van der Waals surface area (Å²) in [6.45, 7) is 8.45. The molecule has 1 aromatic rings. The molecule has 6 heteroatoms. The van der Waals surface area contributed by atoms with Crippen molar-refractivity contribution in [1.82, 2.24) is 14.9 Å². The molecule has 0 spiro atoms. The van der Waals surface area contributed by atoms with E-state index >= 15 is 0 Å². The Bertz CT molecular complexity index is 420. The molecule has 2 heterocycles. The molecule has 0 radical (unpaired) electrons. The quantitative estimate of drug-likeness (QED) is 0.794. The van der Waals surface area contributed by atoms with Gasteiger partial charge in [0.25, 0.3) is 0 Å². The van der Waals surface area contributed by atoms with Crippen molar-refractivity contribution in [3.05, 3.63) is 6.33 Å². The van der Waals surface area contributed by atoms with Gasteiger partial charge in [-0.25, -0.2) is 9.97 Å². The SMILES string of the molecule is CCNc1ncnc(NC(C)CN2CCCC2)c1OC. The summed E-state index contributed by atoms with van der Waals surface area (Å²) in [5.41, 5.74) is 0. The van der Waals surface area contributed by atoms with Crippen LogP contribution >= 0.6 is 0 Å². The molecule has 0 saturated carbocycles. The molecule has 0 bridgehead atoms. The second kappa shape index (κ2) is 7.28. The summed E-state index contributed by atoms with van der Waals surface area (Å²) in [6.07, 6.45) is 4.19. The number of hydrogen-bond donors (Lipinski definition) is 2. The molecule has 0 amide bonds. The largest absolute Gasteiger partial charge is 0.490 e. The van der Waals surface area contributed by atoms with Crippen LogP contribution in [0.4, 0.5) is 11.6 Å². The number of methoxy groups -OCH3 is 1. The van der Waals surface area contributed by atoms with E-state index in [4.69, 9.17) is 4.74 Å². The number of hydrogen-bond acceptors (Lipinski definition) is 6. The van der Waals surface area contributed by atoms with Crippen LogP contribution in [0.15, 0.2) is 6.33 Å². The van der Waals surface area contributed by atoms with E-state index in [1.165, 1.54) is 25.9 Å². The van der Waals surface area contributed by atoms with Gasteiger partial charge in [0.15, 0.2) is 11.6 Å². The maximum absolute atomic E-state index is 5.44. The van der Waals surface area contributed by atoms with E-state index in [-0.39, 0.29) is 0 Å². The van der Waals surface area contributed by atoms with Crippen molar-refractivity contribution in [3.8, 4) is 5.75 Å². The minimum atomic E-state index is 0.325. The molecular weight excluding hydrogens is 254 g/mol. The van der Waals surface area contributed by atoms with Crippen molar-refractivity contribution < 1.29 is 4.74 Å². The molecule has 1 saturated heterocycles. The van der Waals surface area contributed by atoms with Crippen LogP contribution in [-0.2, 0) is 0 Å². The summed E-state index contributed by atoms with van der Waals surface area (Å²) in [4.78, 5) is 11.0. The fourth-order valence-electron chi connectivity index (χ4n) is 2.59. The number of likely N-dealkylation sites (tertiary alicyclic amines) is 1. The predicted molar refractivity (Wildman–Crippen MR) is 81.5 cm³/mol. The zero-order valence-corrected chi connectivity index (χ0v) is 12.6. The molecule has 0 aromatic carbocycles. The average molecular weight is 279 g/mol. The smallest absolute Gasteiger partial charge is 0.204 e. The summed E-state index contributed by atoms with van der Waals surface area (Å²) in [7, 11) is 1.65. The highest BCUT2D eigenvalue weighted by molar-refractivity contribution is 5.63. The zero-order chi connectivity index (χ0) is 14.4. The lowest BCUT2D eigenvalue weighted by atomic mass is 10.3. The van der Waals surface area contributed by atoms with E-state index in [2.05, 4.69) is 32.4 Å². The number of anilines is 2. The van der Waals surface area contributed by atoms with E-state index < -0.39 is 0 Å². The minimum Gasteiger partial charge on any atom is -0.490 e.